The molecule has 0 spiro atoms. The SMILES string of the molecule is CCOC(=O)N/N=C1\CCCc2ccccc21. The summed E-state index contributed by atoms with van der Waals surface area (Å²) in [6.07, 6.45) is 2.54. The summed E-state index contributed by atoms with van der Waals surface area (Å²) < 4.78 is 4.76. The molecule has 0 bridgehead atoms. The lowest BCUT2D eigenvalue weighted by molar-refractivity contribution is 0.152. The molecule has 1 aliphatic rings. The van der Waals surface area contributed by atoms with Crippen LogP contribution < -0.4 is 5.43 Å². The summed E-state index contributed by atoms with van der Waals surface area (Å²) in [4.78, 5) is 11.2. The Labute approximate surface area is 101 Å². The molecule has 1 amide bonds. The Bertz CT molecular complexity index is 441. The Kier molecular flexibility index (Phi) is 3.75. The van der Waals surface area contributed by atoms with Crippen LogP contribution in [-0.4, -0.2) is 18.4 Å². The second kappa shape index (κ2) is 5.48. The molecule has 0 heterocycles. The van der Waals surface area contributed by atoms with E-state index in [1.165, 1.54) is 5.56 Å². The van der Waals surface area contributed by atoms with Gasteiger partial charge in [0.15, 0.2) is 0 Å². The minimum atomic E-state index is -0.497. The van der Waals surface area contributed by atoms with E-state index in [0.717, 1.165) is 30.5 Å². The van der Waals surface area contributed by atoms with Gasteiger partial charge in [-0.15, -0.1) is 0 Å². The average Bonchev–Trinajstić information content (AvgIpc) is 2.36. The molecule has 4 nitrogen and oxygen atoms in total. The first kappa shape index (κ1) is 11.6. The Morgan fingerprint density at radius 2 is 2.24 bits per heavy atom. The normalized spacial score (nSPS) is 16.4. The first-order valence-corrected chi connectivity index (χ1v) is 5.89. The zero-order valence-corrected chi connectivity index (χ0v) is 9.90. The quantitative estimate of drug-likeness (QED) is 0.796. The number of hydrogen-bond donors (Lipinski definition) is 1. The van der Waals surface area contributed by atoms with E-state index >= 15 is 0 Å². The molecule has 1 N–H and O–H groups in total. The predicted molar refractivity (Wildman–Crippen MR) is 66.1 cm³/mol. The van der Waals surface area contributed by atoms with Crippen molar-refractivity contribution in [2.45, 2.75) is 26.2 Å². The zero-order valence-electron chi connectivity index (χ0n) is 9.90. The number of benzene rings is 1. The van der Waals surface area contributed by atoms with Crippen LogP contribution >= 0.6 is 0 Å². The van der Waals surface area contributed by atoms with Crippen LogP contribution in [0.3, 0.4) is 0 Å². The fourth-order valence-corrected chi connectivity index (χ4v) is 1.99. The second-order valence-electron chi connectivity index (χ2n) is 3.90. The van der Waals surface area contributed by atoms with Crippen LogP contribution in [-0.2, 0) is 11.2 Å². The van der Waals surface area contributed by atoms with Crippen molar-refractivity contribution in [3.8, 4) is 0 Å². The summed E-state index contributed by atoms with van der Waals surface area (Å²) >= 11 is 0. The van der Waals surface area contributed by atoms with Crippen LogP contribution in [0, 0.1) is 0 Å². The van der Waals surface area contributed by atoms with E-state index in [4.69, 9.17) is 4.74 Å². The maximum Gasteiger partial charge on any atom is 0.427 e. The Hall–Kier alpha value is -1.84. The van der Waals surface area contributed by atoms with E-state index in [-0.39, 0.29) is 0 Å². The van der Waals surface area contributed by atoms with Gasteiger partial charge in [0.2, 0.25) is 0 Å². The summed E-state index contributed by atoms with van der Waals surface area (Å²) in [6, 6.07) is 8.17. The molecule has 17 heavy (non-hydrogen) atoms. The van der Waals surface area contributed by atoms with E-state index in [2.05, 4.69) is 16.6 Å². The molecule has 0 aliphatic heterocycles. The predicted octanol–water partition coefficient (Wildman–Crippen LogP) is 2.47. The number of amides is 1. The number of nitrogens with zero attached hydrogens (tertiary/aromatic N) is 1. The summed E-state index contributed by atoms with van der Waals surface area (Å²) in [6.45, 7) is 2.12. The van der Waals surface area contributed by atoms with Crippen molar-refractivity contribution in [1.82, 2.24) is 5.43 Å². The molecule has 90 valence electrons. The number of nitrogens with one attached hydrogen (secondary N) is 1. The zero-order chi connectivity index (χ0) is 12.1. The van der Waals surface area contributed by atoms with Crippen molar-refractivity contribution in [2.75, 3.05) is 6.61 Å². The van der Waals surface area contributed by atoms with Gasteiger partial charge in [0.05, 0.1) is 12.3 Å². The lowest BCUT2D eigenvalue weighted by atomic mass is 9.90. The van der Waals surface area contributed by atoms with Crippen LogP contribution in [0.25, 0.3) is 0 Å². The topological polar surface area (TPSA) is 50.7 Å². The third-order valence-corrected chi connectivity index (χ3v) is 2.75. The highest BCUT2D eigenvalue weighted by atomic mass is 16.5. The van der Waals surface area contributed by atoms with Crippen LogP contribution in [0.15, 0.2) is 29.4 Å². The average molecular weight is 232 g/mol. The Balaban J connectivity index is 2.12. The fourth-order valence-electron chi connectivity index (χ4n) is 1.99. The molecule has 1 aliphatic carbocycles. The Morgan fingerprint density at radius 3 is 3.06 bits per heavy atom. The third kappa shape index (κ3) is 2.84. The van der Waals surface area contributed by atoms with Gasteiger partial charge in [-0.1, -0.05) is 24.3 Å². The molecular formula is C13H16N2O2. The standard InChI is InChI=1S/C13H16N2O2/c1-2-17-13(16)15-14-12-9-5-7-10-6-3-4-8-11(10)12/h3-4,6,8H,2,5,7,9H2,1H3,(H,15,16)/b14-12+. The summed E-state index contributed by atoms with van der Waals surface area (Å²) in [7, 11) is 0. The molecule has 0 atom stereocenters. The van der Waals surface area contributed by atoms with Gasteiger partial charge >= 0.3 is 6.09 Å². The maximum atomic E-state index is 11.2. The summed E-state index contributed by atoms with van der Waals surface area (Å²) in [5.41, 5.74) is 5.78. The van der Waals surface area contributed by atoms with Gasteiger partial charge in [-0.2, -0.15) is 5.10 Å². The number of fused-ring (bicyclic) bond motifs is 1. The summed E-state index contributed by atoms with van der Waals surface area (Å²) in [5.74, 6) is 0. The molecule has 1 aromatic carbocycles. The first-order chi connectivity index (χ1) is 8.31. The van der Waals surface area contributed by atoms with Crippen LogP contribution in [0.1, 0.15) is 30.9 Å². The van der Waals surface area contributed by atoms with Crippen LogP contribution in [0.4, 0.5) is 4.79 Å². The molecule has 0 fully saturated rings. The number of ether oxygens (including phenoxy) is 1. The molecule has 0 unspecified atom stereocenters. The number of carbonyl (C=O) groups excluding carboxylic acids is 1. The minimum absolute atomic E-state index is 0.354. The first-order valence-electron chi connectivity index (χ1n) is 5.89. The second-order valence-corrected chi connectivity index (χ2v) is 3.90. The molecule has 2 rings (SSSR count). The van der Waals surface area contributed by atoms with E-state index in [9.17, 15) is 4.79 Å². The van der Waals surface area contributed by atoms with Gasteiger partial charge < -0.3 is 4.74 Å². The molecule has 0 aromatic heterocycles. The van der Waals surface area contributed by atoms with E-state index < -0.39 is 6.09 Å². The molecular weight excluding hydrogens is 216 g/mol. The highest BCUT2D eigenvalue weighted by Crippen LogP contribution is 2.20. The number of hydrogen-bond acceptors (Lipinski definition) is 3. The van der Waals surface area contributed by atoms with Crippen molar-refractivity contribution in [2.24, 2.45) is 5.10 Å². The highest BCUT2D eigenvalue weighted by molar-refractivity contribution is 6.02. The van der Waals surface area contributed by atoms with Crippen molar-refractivity contribution in [3.63, 3.8) is 0 Å². The third-order valence-electron chi connectivity index (χ3n) is 2.75. The number of rotatable bonds is 2. The van der Waals surface area contributed by atoms with Crippen molar-refractivity contribution < 1.29 is 9.53 Å². The van der Waals surface area contributed by atoms with Crippen molar-refractivity contribution in [1.29, 1.82) is 0 Å². The molecule has 0 saturated carbocycles. The van der Waals surface area contributed by atoms with E-state index in [1.54, 1.807) is 6.92 Å². The molecule has 1 aromatic rings. The van der Waals surface area contributed by atoms with E-state index in [1.807, 2.05) is 18.2 Å². The lowest BCUT2D eigenvalue weighted by Gasteiger charge is -2.17. The monoisotopic (exact) mass is 232 g/mol. The minimum Gasteiger partial charge on any atom is -0.449 e. The molecule has 4 heteroatoms. The number of aryl methyl sites for hydroxylation is 1. The number of carbonyl (C=O) groups is 1. The summed E-state index contributed by atoms with van der Waals surface area (Å²) in [5, 5.41) is 4.14. The van der Waals surface area contributed by atoms with Gasteiger partial charge in [0.1, 0.15) is 0 Å². The van der Waals surface area contributed by atoms with Crippen LogP contribution in [0.5, 0.6) is 0 Å². The van der Waals surface area contributed by atoms with Crippen molar-refractivity contribution >= 4 is 11.8 Å². The van der Waals surface area contributed by atoms with Gasteiger partial charge in [-0.05, 0) is 31.7 Å². The van der Waals surface area contributed by atoms with Gasteiger partial charge in [0, 0.05) is 5.56 Å². The largest absolute Gasteiger partial charge is 0.449 e. The molecule has 0 saturated heterocycles. The van der Waals surface area contributed by atoms with Gasteiger partial charge in [-0.25, -0.2) is 10.2 Å². The van der Waals surface area contributed by atoms with Gasteiger partial charge in [-0.3, -0.25) is 0 Å². The number of hydrazone groups is 1. The van der Waals surface area contributed by atoms with Gasteiger partial charge in [0.25, 0.3) is 0 Å². The maximum absolute atomic E-state index is 11.2. The highest BCUT2D eigenvalue weighted by Gasteiger charge is 2.14. The fraction of sp³-hybridized carbons (Fsp3) is 0.385. The van der Waals surface area contributed by atoms with Crippen molar-refractivity contribution in [3.05, 3.63) is 35.4 Å². The Morgan fingerprint density at radius 1 is 1.41 bits per heavy atom. The smallest absolute Gasteiger partial charge is 0.427 e. The van der Waals surface area contributed by atoms with E-state index in [0.29, 0.717) is 6.61 Å². The van der Waals surface area contributed by atoms with Crippen LogP contribution in [0.2, 0.25) is 0 Å². The molecule has 0 radical (unpaired) electrons. The lowest BCUT2D eigenvalue weighted by Crippen LogP contribution is -2.22.